The molecular formula is C13H22. The van der Waals surface area contributed by atoms with Crippen molar-refractivity contribution in [3.8, 4) is 0 Å². The lowest BCUT2D eigenvalue weighted by Crippen LogP contribution is -1.85. The minimum Gasteiger partial charge on any atom is -0.0656 e. The largest absolute Gasteiger partial charge is 0.0656 e. The summed E-state index contributed by atoms with van der Waals surface area (Å²) in [5, 5.41) is 0. The molecular weight excluding hydrogens is 156 g/mol. The van der Waals surface area contributed by atoms with Gasteiger partial charge >= 0.3 is 0 Å². The number of hydrogen-bond acceptors (Lipinski definition) is 0. The number of rotatable bonds is 1. The van der Waals surface area contributed by atoms with E-state index in [-0.39, 0.29) is 0 Å². The summed E-state index contributed by atoms with van der Waals surface area (Å²) in [6, 6.07) is 8.71. The molecule has 1 aromatic rings. The quantitative estimate of drug-likeness (QED) is 0.592. The van der Waals surface area contributed by atoms with Crippen LogP contribution in [0, 0.1) is 6.92 Å². The molecule has 0 aliphatic rings. The molecule has 0 amide bonds. The van der Waals surface area contributed by atoms with Crippen molar-refractivity contribution >= 4 is 0 Å². The van der Waals surface area contributed by atoms with Crippen LogP contribution in [-0.4, -0.2) is 0 Å². The van der Waals surface area contributed by atoms with Crippen molar-refractivity contribution in [3.05, 3.63) is 35.4 Å². The molecule has 0 unspecified atom stereocenters. The van der Waals surface area contributed by atoms with E-state index in [1.54, 1.807) is 0 Å². The van der Waals surface area contributed by atoms with Gasteiger partial charge in [-0.15, -0.1) is 0 Å². The van der Waals surface area contributed by atoms with Crippen molar-refractivity contribution < 1.29 is 0 Å². The maximum atomic E-state index is 2.21. The van der Waals surface area contributed by atoms with Crippen LogP contribution in [0.5, 0.6) is 0 Å². The van der Waals surface area contributed by atoms with Gasteiger partial charge in [0.05, 0.1) is 0 Å². The zero-order chi connectivity index (χ0) is 10.3. The van der Waals surface area contributed by atoms with E-state index in [9.17, 15) is 0 Å². The molecule has 0 atom stereocenters. The summed E-state index contributed by atoms with van der Waals surface area (Å²) in [6.45, 7) is 10.8. The second kappa shape index (κ2) is 6.71. The minimum atomic E-state index is 0.653. The van der Waals surface area contributed by atoms with Gasteiger partial charge in [0.25, 0.3) is 0 Å². The summed E-state index contributed by atoms with van der Waals surface area (Å²) in [4.78, 5) is 0. The summed E-state index contributed by atoms with van der Waals surface area (Å²) < 4.78 is 0. The molecule has 0 radical (unpaired) electrons. The number of hydrogen-bond donors (Lipinski definition) is 0. The molecule has 0 saturated carbocycles. The van der Waals surface area contributed by atoms with E-state index < -0.39 is 0 Å². The van der Waals surface area contributed by atoms with E-state index in [4.69, 9.17) is 0 Å². The lowest BCUT2D eigenvalue weighted by molar-refractivity contribution is 0.866. The van der Waals surface area contributed by atoms with E-state index >= 15 is 0 Å². The van der Waals surface area contributed by atoms with Crippen LogP contribution < -0.4 is 0 Å². The molecule has 0 spiro atoms. The third-order valence-electron chi connectivity index (χ3n) is 1.74. The maximum absolute atomic E-state index is 2.21. The van der Waals surface area contributed by atoms with Crippen LogP contribution in [0.15, 0.2) is 24.3 Å². The SMILES string of the molecule is CCC.Cc1ccc(C(C)C)cc1. The highest BCUT2D eigenvalue weighted by Crippen LogP contribution is 2.13. The number of aryl methyl sites for hydroxylation is 1. The fraction of sp³-hybridized carbons (Fsp3) is 0.538. The maximum Gasteiger partial charge on any atom is -0.0219 e. The van der Waals surface area contributed by atoms with E-state index in [0.717, 1.165) is 0 Å². The van der Waals surface area contributed by atoms with Gasteiger partial charge in [-0.3, -0.25) is 0 Å². The molecule has 0 heteroatoms. The Kier molecular flexibility index (Phi) is 6.30. The van der Waals surface area contributed by atoms with Crippen LogP contribution in [0.3, 0.4) is 0 Å². The van der Waals surface area contributed by atoms with Crippen LogP contribution >= 0.6 is 0 Å². The van der Waals surface area contributed by atoms with Gasteiger partial charge in [-0.1, -0.05) is 63.9 Å². The first-order chi connectivity index (χ1) is 6.11. The van der Waals surface area contributed by atoms with E-state index in [1.165, 1.54) is 17.5 Å². The predicted molar refractivity (Wildman–Crippen MR) is 61.2 cm³/mol. The van der Waals surface area contributed by atoms with Gasteiger partial charge in [0.1, 0.15) is 0 Å². The Labute approximate surface area is 83.0 Å². The van der Waals surface area contributed by atoms with Crippen molar-refractivity contribution in [1.82, 2.24) is 0 Å². The zero-order valence-electron chi connectivity index (χ0n) is 9.59. The lowest BCUT2D eigenvalue weighted by Gasteiger charge is -2.03. The van der Waals surface area contributed by atoms with Crippen LogP contribution in [0.1, 0.15) is 51.2 Å². The Morgan fingerprint density at radius 3 is 1.69 bits per heavy atom. The molecule has 1 aromatic carbocycles. The summed E-state index contributed by atoms with van der Waals surface area (Å²) in [5.41, 5.74) is 2.76. The topological polar surface area (TPSA) is 0 Å². The van der Waals surface area contributed by atoms with Gasteiger partial charge in [-0.25, -0.2) is 0 Å². The van der Waals surface area contributed by atoms with E-state index in [2.05, 4.69) is 58.9 Å². The Morgan fingerprint density at radius 1 is 1.00 bits per heavy atom. The van der Waals surface area contributed by atoms with Gasteiger partial charge in [-0.2, -0.15) is 0 Å². The first-order valence-electron chi connectivity index (χ1n) is 5.18. The van der Waals surface area contributed by atoms with Crippen LogP contribution in [0.4, 0.5) is 0 Å². The summed E-state index contributed by atoms with van der Waals surface area (Å²) in [5.74, 6) is 0.653. The van der Waals surface area contributed by atoms with E-state index in [0.29, 0.717) is 5.92 Å². The van der Waals surface area contributed by atoms with Crippen molar-refractivity contribution in [1.29, 1.82) is 0 Å². The van der Waals surface area contributed by atoms with Gasteiger partial charge in [0, 0.05) is 0 Å². The fourth-order valence-electron chi connectivity index (χ4n) is 0.951. The molecule has 0 aliphatic heterocycles. The first kappa shape index (κ1) is 12.2. The molecule has 0 heterocycles. The molecule has 0 nitrogen and oxygen atoms in total. The van der Waals surface area contributed by atoms with Crippen molar-refractivity contribution in [2.24, 2.45) is 0 Å². The third-order valence-corrected chi connectivity index (χ3v) is 1.74. The van der Waals surface area contributed by atoms with Crippen LogP contribution in [0.25, 0.3) is 0 Å². The Hall–Kier alpha value is -0.780. The average molecular weight is 178 g/mol. The molecule has 13 heavy (non-hydrogen) atoms. The molecule has 0 saturated heterocycles. The standard InChI is InChI=1S/C10H14.C3H8/c1-8(2)10-6-4-9(3)5-7-10;1-3-2/h4-8H,1-3H3;3H2,1-2H3. The summed E-state index contributed by atoms with van der Waals surface area (Å²) >= 11 is 0. The highest BCUT2D eigenvalue weighted by atomic mass is 14.0. The molecule has 0 aliphatic carbocycles. The monoisotopic (exact) mass is 178 g/mol. The summed E-state index contributed by atoms with van der Waals surface area (Å²) in [7, 11) is 0. The van der Waals surface area contributed by atoms with Gasteiger partial charge in [0.2, 0.25) is 0 Å². The smallest absolute Gasteiger partial charge is 0.0219 e. The minimum absolute atomic E-state index is 0.653. The number of benzene rings is 1. The first-order valence-corrected chi connectivity index (χ1v) is 5.18. The molecule has 0 fully saturated rings. The zero-order valence-corrected chi connectivity index (χ0v) is 9.59. The molecule has 0 aromatic heterocycles. The molecule has 74 valence electrons. The van der Waals surface area contributed by atoms with Crippen LogP contribution in [0.2, 0.25) is 0 Å². The normalized spacial score (nSPS) is 9.38. The lowest BCUT2D eigenvalue weighted by atomic mass is 10.0. The summed E-state index contributed by atoms with van der Waals surface area (Å²) in [6.07, 6.45) is 1.25. The van der Waals surface area contributed by atoms with Gasteiger partial charge < -0.3 is 0 Å². The molecule has 0 N–H and O–H groups in total. The Morgan fingerprint density at radius 2 is 1.38 bits per heavy atom. The van der Waals surface area contributed by atoms with Crippen molar-refractivity contribution in [2.45, 2.75) is 47.0 Å². The second-order valence-electron chi connectivity index (χ2n) is 3.77. The van der Waals surface area contributed by atoms with Crippen LogP contribution in [-0.2, 0) is 0 Å². The highest BCUT2D eigenvalue weighted by molar-refractivity contribution is 5.23. The molecule has 0 bridgehead atoms. The predicted octanol–water partition coefficient (Wildman–Crippen LogP) is 4.53. The van der Waals surface area contributed by atoms with Gasteiger partial charge in [-0.05, 0) is 18.4 Å². The fourth-order valence-corrected chi connectivity index (χ4v) is 0.951. The van der Waals surface area contributed by atoms with Gasteiger partial charge in [0.15, 0.2) is 0 Å². The Bertz CT molecular complexity index is 206. The average Bonchev–Trinajstić information content (AvgIpc) is 2.06. The Balaban J connectivity index is 0.000000424. The molecule has 1 rings (SSSR count). The second-order valence-corrected chi connectivity index (χ2v) is 3.77. The highest BCUT2D eigenvalue weighted by Gasteiger charge is 1.95. The van der Waals surface area contributed by atoms with E-state index in [1.807, 2.05) is 0 Å². The third kappa shape index (κ3) is 5.46. The van der Waals surface area contributed by atoms with Crippen molar-refractivity contribution in [3.63, 3.8) is 0 Å². The van der Waals surface area contributed by atoms with Crippen molar-refractivity contribution in [2.75, 3.05) is 0 Å².